The molecule has 0 amide bonds. The Hall–Kier alpha value is -0.610. The Morgan fingerprint density at radius 2 is 2.25 bits per heavy atom. The van der Waals surface area contributed by atoms with Crippen LogP contribution >= 0.6 is 27.5 Å². The zero-order valence-electron chi connectivity index (χ0n) is 5.64. The maximum Gasteiger partial charge on any atom is 0.293 e. The molecule has 12 heavy (non-hydrogen) atoms. The highest BCUT2D eigenvalue weighted by atomic mass is 79.9. The lowest BCUT2D eigenvalue weighted by atomic mass is 10.3. The van der Waals surface area contributed by atoms with Gasteiger partial charge in [0.2, 0.25) is 0 Å². The van der Waals surface area contributed by atoms with Gasteiger partial charge in [-0.3, -0.25) is 0 Å². The Balaban J connectivity index is 2.89. The Morgan fingerprint density at radius 3 is 3.00 bits per heavy atom. The van der Waals surface area contributed by atoms with Crippen LogP contribution in [0, 0.1) is 5.82 Å². The standard InChI is InChI=1S/C7H2BrClFNO/c8-3-1-2-4-6(5(3)10)11-7(9)12-4/h1-2H. The molecule has 0 fully saturated rings. The molecule has 0 aliphatic rings. The van der Waals surface area contributed by atoms with Crippen LogP contribution in [0.5, 0.6) is 0 Å². The maximum absolute atomic E-state index is 13.2. The first-order chi connectivity index (χ1) is 5.68. The summed E-state index contributed by atoms with van der Waals surface area (Å²) in [5.74, 6) is -0.455. The monoisotopic (exact) mass is 249 g/mol. The van der Waals surface area contributed by atoms with Crippen LogP contribution < -0.4 is 0 Å². The third-order valence-corrected chi connectivity index (χ3v) is 2.20. The minimum atomic E-state index is -0.455. The molecular formula is C7H2BrClFNO. The molecule has 0 saturated heterocycles. The second-order valence-corrected chi connectivity index (χ2v) is 3.35. The topological polar surface area (TPSA) is 26.0 Å². The van der Waals surface area contributed by atoms with Crippen LogP contribution in [0.15, 0.2) is 21.0 Å². The van der Waals surface area contributed by atoms with Gasteiger partial charge in [-0.2, -0.15) is 4.98 Å². The molecule has 62 valence electrons. The molecule has 0 N–H and O–H groups in total. The SMILES string of the molecule is Fc1c(Br)ccc2oc(Cl)nc12. The predicted molar refractivity (Wildman–Crippen MR) is 46.7 cm³/mol. The molecule has 5 heteroatoms. The summed E-state index contributed by atoms with van der Waals surface area (Å²) in [6.07, 6.45) is 0. The molecule has 0 aliphatic carbocycles. The molecule has 2 rings (SSSR count). The van der Waals surface area contributed by atoms with Crippen molar-refractivity contribution in [1.29, 1.82) is 0 Å². The summed E-state index contributed by atoms with van der Waals surface area (Å²) in [5.41, 5.74) is 0.495. The average molecular weight is 250 g/mol. The van der Waals surface area contributed by atoms with Crippen molar-refractivity contribution >= 4 is 38.6 Å². The average Bonchev–Trinajstić information content (AvgIpc) is 2.39. The predicted octanol–water partition coefficient (Wildman–Crippen LogP) is 3.38. The van der Waals surface area contributed by atoms with Crippen LogP contribution in [0.1, 0.15) is 0 Å². The number of rotatable bonds is 0. The van der Waals surface area contributed by atoms with Gasteiger partial charge in [-0.05, 0) is 39.7 Å². The molecule has 0 saturated carbocycles. The lowest BCUT2D eigenvalue weighted by molar-refractivity contribution is 0.603. The number of fused-ring (bicyclic) bond motifs is 1. The number of hydrogen-bond acceptors (Lipinski definition) is 2. The van der Waals surface area contributed by atoms with Gasteiger partial charge in [0, 0.05) is 0 Å². The molecular weight excluding hydrogens is 248 g/mol. The molecule has 0 atom stereocenters. The highest BCUT2D eigenvalue weighted by Crippen LogP contribution is 2.26. The third kappa shape index (κ3) is 1.11. The largest absolute Gasteiger partial charge is 0.427 e. The first kappa shape index (κ1) is 8.01. The Kier molecular flexibility index (Phi) is 1.81. The normalized spacial score (nSPS) is 10.9. The van der Waals surface area contributed by atoms with Crippen LogP contribution in [0.25, 0.3) is 11.1 Å². The molecule has 2 aromatic rings. The van der Waals surface area contributed by atoms with E-state index < -0.39 is 5.82 Å². The van der Waals surface area contributed by atoms with Crippen LogP contribution in [-0.2, 0) is 0 Å². The van der Waals surface area contributed by atoms with E-state index in [4.69, 9.17) is 16.0 Å². The molecule has 1 aromatic heterocycles. The molecule has 0 radical (unpaired) electrons. The third-order valence-electron chi connectivity index (χ3n) is 1.43. The summed E-state index contributed by atoms with van der Waals surface area (Å²) >= 11 is 8.47. The summed E-state index contributed by atoms with van der Waals surface area (Å²) in [6.45, 7) is 0. The van der Waals surface area contributed by atoms with Crippen molar-refractivity contribution in [3.63, 3.8) is 0 Å². The lowest BCUT2D eigenvalue weighted by Crippen LogP contribution is -1.78. The molecule has 1 heterocycles. The summed E-state index contributed by atoms with van der Waals surface area (Å²) in [5, 5.41) is -0.0537. The van der Waals surface area contributed by atoms with Crippen LogP contribution in [0.2, 0.25) is 5.35 Å². The molecule has 0 bridgehead atoms. The van der Waals surface area contributed by atoms with Crippen LogP contribution in [-0.4, -0.2) is 4.98 Å². The summed E-state index contributed by atoms with van der Waals surface area (Å²) in [4.78, 5) is 3.67. The maximum atomic E-state index is 13.2. The van der Waals surface area contributed by atoms with E-state index in [1.54, 1.807) is 12.1 Å². The van der Waals surface area contributed by atoms with Crippen molar-refractivity contribution in [1.82, 2.24) is 4.98 Å². The van der Waals surface area contributed by atoms with Crippen molar-refractivity contribution in [3.05, 3.63) is 27.8 Å². The minimum absolute atomic E-state index is 0.0537. The van der Waals surface area contributed by atoms with Gasteiger partial charge in [-0.15, -0.1) is 0 Å². The fourth-order valence-electron chi connectivity index (χ4n) is 0.910. The molecule has 0 aliphatic heterocycles. The Labute approximate surface area is 80.5 Å². The van der Waals surface area contributed by atoms with Gasteiger partial charge in [0.15, 0.2) is 11.4 Å². The number of benzene rings is 1. The van der Waals surface area contributed by atoms with E-state index in [9.17, 15) is 4.39 Å². The van der Waals surface area contributed by atoms with Gasteiger partial charge in [-0.1, -0.05) is 0 Å². The van der Waals surface area contributed by atoms with Gasteiger partial charge in [-0.25, -0.2) is 4.39 Å². The Morgan fingerprint density at radius 1 is 1.50 bits per heavy atom. The van der Waals surface area contributed by atoms with E-state index in [2.05, 4.69) is 20.9 Å². The lowest BCUT2D eigenvalue weighted by Gasteiger charge is -1.91. The van der Waals surface area contributed by atoms with Crippen molar-refractivity contribution in [2.45, 2.75) is 0 Å². The van der Waals surface area contributed by atoms with Crippen molar-refractivity contribution in [2.75, 3.05) is 0 Å². The number of oxazole rings is 1. The Bertz CT molecular complexity index is 442. The van der Waals surface area contributed by atoms with E-state index in [1.807, 2.05) is 0 Å². The van der Waals surface area contributed by atoms with E-state index in [1.165, 1.54) is 0 Å². The van der Waals surface area contributed by atoms with Gasteiger partial charge >= 0.3 is 0 Å². The van der Waals surface area contributed by atoms with Gasteiger partial charge in [0.05, 0.1) is 4.47 Å². The van der Waals surface area contributed by atoms with Crippen LogP contribution in [0.3, 0.4) is 0 Å². The smallest absolute Gasteiger partial charge is 0.293 e. The first-order valence-electron chi connectivity index (χ1n) is 3.08. The number of aromatic nitrogens is 1. The van der Waals surface area contributed by atoms with Crippen molar-refractivity contribution in [3.8, 4) is 0 Å². The second-order valence-electron chi connectivity index (χ2n) is 2.17. The first-order valence-corrected chi connectivity index (χ1v) is 4.25. The second kappa shape index (κ2) is 2.71. The molecule has 0 unspecified atom stereocenters. The highest BCUT2D eigenvalue weighted by molar-refractivity contribution is 9.10. The zero-order valence-corrected chi connectivity index (χ0v) is 7.99. The van der Waals surface area contributed by atoms with Crippen molar-refractivity contribution < 1.29 is 8.81 Å². The van der Waals surface area contributed by atoms with Gasteiger partial charge in [0.25, 0.3) is 5.35 Å². The summed E-state index contributed by atoms with van der Waals surface area (Å²) in [7, 11) is 0. The van der Waals surface area contributed by atoms with E-state index >= 15 is 0 Å². The fourth-order valence-corrected chi connectivity index (χ4v) is 1.40. The fraction of sp³-hybridized carbons (Fsp3) is 0. The number of halogens is 3. The van der Waals surface area contributed by atoms with Gasteiger partial charge in [0.1, 0.15) is 5.52 Å². The number of nitrogens with zero attached hydrogens (tertiary/aromatic N) is 1. The van der Waals surface area contributed by atoms with E-state index in [0.717, 1.165) is 0 Å². The van der Waals surface area contributed by atoms with Crippen LogP contribution in [0.4, 0.5) is 4.39 Å². The summed E-state index contributed by atoms with van der Waals surface area (Å²) in [6, 6.07) is 3.14. The van der Waals surface area contributed by atoms with E-state index in [0.29, 0.717) is 10.1 Å². The number of hydrogen-bond donors (Lipinski definition) is 0. The quantitative estimate of drug-likeness (QED) is 0.716. The summed E-state index contributed by atoms with van der Waals surface area (Å²) < 4.78 is 18.4. The highest BCUT2D eigenvalue weighted by Gasteiger charge is 2.10. The minimum Gasteiger partial charge on any atom is -0.427 e. The molecule has 1 aromatic carbocycles. The molecule has 2 nitrogen and oxygen atoms in total. The molecule has 0 spiro atoms. The zero-order chi connectivity index (χ0) is 8.72. The van der Waals surface area contributed by atoms with Crippen molar-refractivity contribution in [2.24, 2.45) is 0 Å². The van der Waals surface area contributed by atoms with Gasteiger partial charge < -0.3 is 4.42 Å². The van der Waals surface area contributed by atoms with E-state index in [-0.39, 0.29) is 10.9 Å².